The van der Waals surface area contributed by atoms with Crippen molar-refractivity contribution in [3.05, 3.63) is 47.8 Å². The summed E-state index contributed by atoms with van der Waals surface area (Å²) in [6.07, 6.45) is 6.87. The molecule has 7 rings (SSSR count). The zero-order chi connectivity index (χ0) is 29.5. The molecule has 4 aromatic rings. The summed E-state index contributed by atoms with van der Waals surface area (Å²) in [5.41, 5.74) is 4.56. The number of ether oxygens (including phenoxy) is 1. The first-order valence-electron chi connectivity index (χ1n) is 14.9. The molecule has 1 N–H and O–H groups in total. The van der Waals surface area contributed by atoms with Crippen LogP contribution in [-0.2, 0) is 6.54 Å². The second-order valence-electron chi connectivity index (χ2n) is 13.2. The van der Waals surface area contributed by atoms with Gasteiger partial charge in [-0.2, -0.15) is 5.10 Å². The van der Waals surface area contributed by atoms with E-state index in [1.54, 1.807) is 28.8 Å². The summed E-state index contributed by atoms with van der Waals surface area (Å²) in [7, 11) is 1.62. The number of carbonyl (C=O) groups is 2. The van der Waals surface area contributed by atoms with E-state index in [-0.39, 0.29) is 23.9 Å². The van der Waals surface area contributed by atoms with Crippen LogP contribution in [-0.4, -0.2) is 77.3 Å². The van der Waals surface area contributed by atoms with Crippen molar-refractivity contribution < 1.29 is 19.4 Å². The molecule has 1 aliphatic heterocycles. The van der Waals surface area contributed by atoms with Crippen molar-refractivity contribution in [1.82, 2.24) is 29.0 Å². The fourth-order valence-electron chi connectivity index (χ4n) is 7.44. The Hall–Kier alpha value is -4.08. The van der Waals surface area contributed by atoms with Crippen LogP contribution in [0.15, 0.2) is 36.7 Å². The summed E-state index contributed by atoms with van der Waals surface area (Å²) < 4.78 is 9.89. The van der Waals surface area contributed by atoms with Crippen LogP contribution in [0.25, 0.3) is 27.9 Å². The number of fused-ring (bicyclic) bond motifs is 4. The fourth-order valence-corrected chi connectivity index (χ4v) is 7.44. The zero-order valence-corrected chi connectivity index (χ0v) is 24.9. The van der Waals surface area contributed by atoms with Gasteiger partial charge in [0.1, 0.15) is 22.6 Å². The Morgan fingerprint density at radius 3 is 2.64 bits per heavy atom. The third-order valence-electron chi connectivity index (χ3n) is 9.46. The molecule has 10 heteroatoms. The van der Waals surface area contributed by atoms with Crippen molar-refractivity contribution in [3.63, 3.8) is 0 Å². The summed E-state index contributed by atoms with van der Waals surface area (Å²) in [6, 6.07) is 7.63. The van der Waals surface area contributed by atoms with E-state index < -0.39 is 11.6 Å². The molecule has 3 aliphatic rings. The summed E-state index contributed by atoms with van der Waals surface area (Å²) in [6.45, 7) is 9.26. The van der Waals surface area contributed by atoms with E-state index in [1.807, 2.05) is 44.9 Å². The minimum atomic E-state index is -0.935. The van der Waals surface area contributed by atoms with Gasteiger partial charge in [-0.1, -0.05) is 0 Å². The van der Waals surface area contributed by atoms with Gasteiger partial charge in [0.2, 0.25) is 0 Å². The summed E-state index contributed by atoms with van der Waals surface area (Å²) >= 11 is 0. The molecule has 0 radical (unpaired) electrons. The van der Waals surface area contributed by atoms with Gasteiger partial charge in [0, 0.05) is 42.0 Å². The highest BCUT2D eigenvalue weighted by Crippen LogP contribution is 2.44. The van der Waals surface area contributed by atoms with E-state index in [1.165, 1.54) is 12.8 Å². The predicted molar refractivity (Wildman–Crippen MR) is 159 cm³/mol. The van der Waals surface area contributed by atoms with Gasteiger partial charge in [0.25, 0.3) is 5.91 Å². The van der Waals surface area contributed by atoms with Crippen molar-refractivity contribution in [3.8, 4) is 17.1 Å². The first-order chi connectivity index (χ1) is 20.1. The van der Waals surface area contributed by atoms with E-state index in [2.05, 4.69) is 21.7 Å². The number of carbonyl (C=O) groups excluding carboxylic acids is 1. The first-order valence-corrected chi connectivity index (χ1v) is 14.9. The lowest BCUT2D eigenvalue weighted by Gasteiger charge is -2.40. The van der Waals surface area contributed by atoms with Gasteiger partial charge in [-0.25, -0.2) is 14.3 Å². The lowest BCUT2D eigenvalue weighted by molar-refractivity contribution is 0.0503. The number of likely N-dealkylation sites (tertiary alicyclic amines) is 1. The van der Waals surface area contributed by atoms with Crippen LogP contribution in [0.2, 0.25) is 0 Å². The van der Waals surface area contributed by atoms with Crippen LogP contribution in [0.4, 0.5) is 4.79 Å². The minimum absolute atomic E-state index is 0.117. The second kappa shape index (κ2) is 9.47. The highest BCUT2D eigenvalue weighted by molar-refractivity contribution is 5.96. The topological polar surface area (TPSA) is 105 Å². The Morgan fingerprint density at radius 2 is 1.95 bits per heavy atom. The summed E-state index contributed by atoms with van der Waals surface area (Å²) in [5.74, 6) is 1.25. The van der Waals surface area contributed by atoms with Crippen LogP contribution in [0.5, 0.6) is 5.75 Å². The number of piperidine rings is 1. The number of pyridine rings is 2. The number of aromatic nitrogens is 4. The highest BCUT2D eigenvalue weighted by Gasteiger charge is 2.54. The minimum Gasteiger partial charge on any atom is -0.494 e. The molecule has 2 bridgehead atoms. The molecule has 5 heterocycles. The average Bonchev–Trinajstić information content (AvgIpc) is 3.27. The molecular formula is C32H38N6O4. The maximum absolute atomic E-state index is 14.0. The van der Waals surface area contributed by atoms with Crippen LogP contribution in [0.3, 0.4) is 0 Å². The fraction of sp³-hybridized carbons (Fsp3) is 0.500. The zero-order valence-electron chi connectivity index (χ0n) is 24.9. The number of methoxy groups -OCH3 is 1. The molecule has 42 heavy (non-hydrogen) atoms. The van der Waals surface area contributed by atoms with Crippen molar-refractivity contribution in [2.75, 3.05) is 13.7 Å². The molecule has 220 valence electrons. The van der Waals surface area contributed by atoms with Crippen molar-refractivity contribution in [2.45, 2.75) is 77.5 Å². The number of nitrogens with zero attached hydrogens (tertiary/aromatic N) is 6. The van der Waals surface area contributed by atoms with Gasteiger partial charge in [0.05, 0.1) is 30.5 Å². The summed E-state index contributed by atoms with van der Waals surface area (Å²) in [4.78, 5) is 34.5. The molecule has 2 unspecified atom stereocenters. The van der Waals surface area contributed by atoms with Gasteiger partial charge in [-0.3, -0.25) is 9.69 Å². The van der Waals surface area contributed by atoms with E-state index in [4.69, 9.17) is 9.84 Å². The van der Waals surface area contributed by atoms with Gasteiger partial charge >= 0.3 is 6.09 Å². The molecular weight excluding hydrogens is 532 g/mol. The Kier molecular flexibility index (Phi) is 6.04. The number of amides is 2. The molecule has 4 aromatic heterocycles. The Morgan fingerprint density at radius 1 is 1.17 bits per heavy atom. The van der Waals surface area contributed by atoms with Crippen molar-refractivity contribution >= 4 is 28.6 Å². The number of hydrogen-bond donors (Lipinski definition) is 1. The Balaban J connectivity index is 1.27. The van der Waals surface area contributed by atoms with Gasteiger partial charge in [-0.05, 0) is 89.5 Å². The molecule has 3 atom stereocenters. The number of hydrogen-bond acceptors (Lipinski definition) is 5. The smallest absolute Gasteiger partial charge is 0.408 e. The Labute approximate surface area is 244 Å². The maximum Gasteiger partial charge on any atom is 0.408 e. The van der Waals surface area contributed by atoms with E-state index >= 15 is 0 Å². The number of carboxylic acid groups (broad SMARTS) is 1. The number of aryl methyl sites for hydroxylation is 1. The number of rotatable bonds is 6. The normalized spacial score (nSPS) is 21.9. The van der Waals surface area contributed by atoms with E-state index in [0.717, 1.165) is 52.9 Å². The summed E-state index contributed by atoms with van der Waals surface area (Å²) in [5, 5.41) is 16.2. The highest BCUT2D eigenvalue weighted by atomic mass is 16.5. The van der Waals surface area contributed by atoms with Gasteiger partial charge in [-0.15, -0.1) is 0 Å². The molecule has 3 fully saturated rings. The molecule has 0 spiro atoms. The van der Waals surface area contributed by atoms with E-state index in [0.29, 0.717) is 23.8 Å². The SMILES string of the molecule is COc1cc(C(=O)N2CC3CCC2[C@@H]3N(C(=O)O)C(C)(C)C)cn2nc(-c3cc4cccnc4n3CC3CC3)c(C)c12. The third kappa shape index (κ3) is 4.14. The predicted octanol–water partition coefficient (Wildman–Crippen LogP) is 5.46. The van der Waals surface area contributed by atoms with Crippen LogP contribution >= 0.6 is 0 Å². The molecule has 10 nitrogen and oxygen atoms in total. The lowest BCUT2D eigenvalue weighted by atomic mass is 9.98. The van der Waals surface area contributed by atoms with Crippen LogP contribution in [0.1, 0.15) is 62.4 Å². The van der Waals surface area contributed by atoms with Gasteiger partial charge < -0.3 is 19.3 Å². The quantitative estimate of drug-likeness (QED) is 0.330. The molecule has 1 saturated heterocycles. The third-order valence-corrected chi connectivity index (χ3v) is 9.46. The average molecular weight is 571 g/mol. The lowest BCUT2D eigenvalue weighted by Crippen LogP contribution is -2.55. The van der Waals surface area contributed by atoms with Crippen LogP contribution in [0, 0.1) is 18.8 Å². The van der Waals surface area contributed by atoms with Gasteiger partial charge in [0.15, 0.2) is 0 Å². The molecule has 2 saturated carbocycles. The monoisotopic (exact) mass is 570 g/mol. The Bertz CT molecular complexity index is 1730. The van der Waals surface area contributed by atoms with Crippen molar-refractivity contribution in [2.24, 2.45) is 11.8 Å². The standard InChI is InChI=1S/C32H38N6O4/c1-18-26(24-13-20-7-6-12-33-29(20)35(24)15-19-8-9-19)34-37-17-22(14-25(42-5)27(18)37)30(39)36-16-21-10-11-23(36)28(21)38(31(40)41)32(2,3)4/h6-7,12-14,17,19,21,23,28H,8-11,15-16H2,1-5H3,(H,40,41)/t21?,23?,28-/m1/s1. The second-order valence-corrected chi connectivity index (χ2v) is 13.2. The maximum atomic E-state index is 14.0. The van der Waals surface area contributed by atoms with E-state index in [9.17, 15) is 14.7 Å². The molecule has 0 aromatic carbocycles. The first kappa shape index (κ1) is 26.8. The van der Waals surface area contributed by atoms with Crippen molar-refractivity contribution in [1.29, 1.82) is 0 Å². The van der Waals surface area contributed by atoms with Crippen LogP contribution < -0.4 is 4.74 Å². The largest absolute Gasteiger partial charge is 0.494 e. The molecule has 2 aliphatic carbocycles. The molecule has 2 amide bonds.